The molecule has 0 radical (unpaired) electrons. The SMILES string of the molecule is CC1(c2ccccc2)CNC1.Cl. The normalized spacial score (nSPS) is 19.1. The fourth-order valence-electron chi connectivity index (χ4n) is 1.54. The number of halogens is 1. The van der Waals surface area contributed by atoms with Crippen LogP contribution in [0.1, 0.15) is 12.5 Å². The molecule has 0 unspecified atom stereocenters. The van der Waals surface area contributed by atoms with Gasteiger partial charge in [0.25, 0.3) is 0 Å². The zero-order valence-corrected chi connectivity index (χ0v) is 8.03. The summed E-state index contributed by atoms with van der Waals surface area (Å²) < 4.78 is 0. The molecule has 1 aliphatic heterocycles. The molecule has 2 heteroatoms. The van der Waals surface area contributed by atoms with Crippen molar-refractivity contribution in [3.63, 3.8) is 0 Å². The van der Waals surface area contributed by atoms with E-state index in [0.29, 0.717) is 5.41 Å². The van der Waals surface area contributed by atoms with Crippen LogP contribution in [0.5, 0.6) is 0 Å². The molecule has 12 heavy (non-hydrogen) atoms. The van der Waals surface area contributed by atoms with Crippen LogP contribution in [0.2, 0.25) is 0 Å². The fraction of sp³-hybridized carbons (Fsp3) is 0.400. The van der Waals surface area contributed by atoms with Crippen molar-refractivity contribution >= 4 is 12.4 Å². The number of hydrogen-bond donors (Lipinski definition) is 1. The van der Waals surface area contributed by atoms with Crippen LogP contribution >= 0.6 is 12.4 Å². The summed E-state index contributed by atoms with van der Waals surface area (Å²) in [5, 5.41) is 3.30. The Balaban J connectivity index is 0.000000720. The Hall–Kier alpha value is -0.530. The van der Waals surface area contributed by atoms with Gasteiger partial charge in [-0.15, -0.1) is 12.4 Å². The van der Waals surface area contributed by atoms with Crippen LogP contribution in [0.15, 0.2) is 30.3 Å². The molecule has 0 saturated carbocycles. The summed E-state index contributed by atoms with van der Waals surface area (Å²) in [7, 11) is 0. The van der Waals surface area contributed by atoms with Gasteiger partial charge >= 0.3 is 0 Å². The number of benzene rings is 1. The monoisotopic (exact) mass is 183 g/mol. The van der Waals surface area contributed by atoms with Crippen molar-refractivity contribution in [2.24, 2.45) is 0 Å². The minimum atomic E-state index is 0. The van der Waals surface area contributed by atoms with Crippen molar-refractivity contribution in [1.29, 1.82) is 0 Å². The lowest BCUT2D eigenvalue weighted by Gasteiger charge is -2.39. The highest BCUT2D eigenvalue weighted by molar-refractivity contribution is 5.85. The Bertz CT molecular complexity index is 241. The molecule has 0 aromatic heterocycles. The molecule has 66 valence electrons. The van der Waals surface area contributed by atoms with Crippen LogP contribution in [0, 0.1) is 0 Å². The summed E-state index contributed by atoms with van der Waals surface area (Å²) >= 11 is 0. The van der Waals surface area contributed by atoms with E-state index in [4.69, 9.17) is 0 Å². The van der Waals surface area contributed by atoms with Gasteiger partial charge in [-0.1, -0.05) is 37.3 Å². The summed E-state index contributed by atoms with van der Waals surface area (Å²) in [6.45, 7) is 4.55. The Morgan fingerprint density at radius 1 is 1.17 bits per heavy atom. The molecule has 1 N–H and O–H groups in total. The average Bonchev–Trinajstić information content (AvgIpc) is 2.02. The first-order valence-corrected chi connectivity index (χ1v) is 4.07. The van der Waals surface area contributed by atoms with Crippen LogP contribution in [0.3, 0.4) is 0 Å². The van der Waals surface area contributed by atoms with Crippen molar-refractivity contribution in [3.05, 3.63) is 35.9 Å². The highest BCUT2D eigenvalue weighted by atomic mass is 35.5. The number of nitrogens with one attached hydrogen (secondary N) is 1. The molecule has 1 aliphatic rings. The molecule has 0 atom stereocenters. The largest absolute Gasteiger partial charge is 0.315 e. The Kier molecular flexibility index (Phi) is 2.76. The third-order valence-corrected chi connectivity index (χ3v) is 2.50. The molecule has 0 spiro atoms. The smallest absolute Gasteiger partial charge is 0.0174 e. The standard InChI is InChI=1S/C10H13N.ClH/c1-10(7-11-8-10)9-5-3-2-4-6-9;/h2-6,11H,7-8H2,1H3;1H. The number of hydrogen-bond acceptors (Lipinski definition) is 1. The molecule has 0 amide bonds. The highest BCUT2D eigenvalue weighted by Gasteiger charge is 2.32. The molecule has 1 nitrogen and oxygen atoms in total. The van der Waals surface area contributed by atoms with Gasteiger partial charge in [0.1, 0.15) is 0 Å². The van der Waals surface area contributed by atoms with Gasteiger partial charge in [0.15, 0.2) is 0 Å². The van der Waals surface area contributed by atoms with Crippen LogP contribution in [-0.2, 0) is 5.41 Å². The van der Waals surface area contributed by atoms with E-state index >= 15 is 0 Å². The third kappa shape index (κ3) is 1.47. The van der Waals surface area contributed by atoms with Crippen molar-refractivity contribution in [2.75, 3.05) is 13.1 Å². The van der Waals surface area contributed by atoms with E-state index in [9.17, 15) is 0 Å². The minimum absolute atomic E-state index is 0. The fourth-order valence-corrected chi connectivity index (χ4v) is 1.54. The maximum Gasteiger partial charge on any atom is 0.0174 e. The van der Waals surface area contributed by atoms with Gasteiger partial charge in [-0.2, -0.15) is 0 Å². The molecule has 2 rings (SSSR count). The summed E-state index contributed by atoms with van der Waals surface area (Å²) in [6, 6.07) is 10.7. The first kappa shape index (κ1) is 9.56. The Morgan fingerprint density at radius 2 is 1.75 bits per heavy atom. The molecular weight excluding hydrogens is 170 g/mol. The first-order chi connectivity index (χ1) is 5.31. The number of rotatable bonds is 1. The molecule has 1 aromatic carbocycles. The van der Waals surface area contributed by atoms with Crippen LogP contribution in [0.4, 0.5) is 0 Å². The molecule has 1 aromatic rings. The van der Waals surface area contributed by atoms with E-state index in [1.165, 1.54) is 5.56 Å². The van der Waals surface area contributed by atoms with E-state index < -0.39 is 0 Å². The Labute approximate surface area is 79.6 Å². The van der Waals surface area contributed by atoms with Crippen molar-refractivity contribution in [1.82, 2.24) is 5.32 Å². The zero-order valence-electron chi connectivity index (χ0n) is 7.21. The van der Waals surface area contributed by atoms with Gasteiger partial charge < -0.3 is 5.32 Å². The van der Waals surface area contributed by atoms with Crippen molar-refractivity contribution in [3.8, 4) is 0 Å². The lowest BCUT2D eigenvalue weighted by molar-refractivity contribution is 0.305. The predicted octanol–water partition coefficient (Wildman–Crippen LogP) is 1.97. The van der Waals surface area contributed by atoms with E-state index in [1.54, 1.807) is 0 Å². The maximum absolute atomic E-state index is 3.30. The molecule has 1 fully saturated rings. The van der Waals surface area contributed by atoms with Crippen molar-refractivity contribution in [2.45, 2.75) is 12.3 Å². The summed E-state index contributed by atoms with van der Waals surface area (Å²) in [6.07, 6.45) is 0. The van der Waals surface area contributed by atoms with E-state index in [1.807, 2.05) is 0 Å². The third-order valence-electron chi connectivity index (χ3n) is 2.50. The minimum Gasteiger partial charge on any atom is -0.315 e. The molecular formula is C10H14ClN. The van der Waals surface area contributed by atoms with Crippen LogP contribution in [-0.4, -0.2) is 13.1 Å². The van der Waals surface area contributed by atoms with E-state index in [0.717, 1.165) is 13.1 Å². The average molecular weight is 184 g/mol. The summed E-state index contributed by atoms with van der Waals surface area (Å²) in [4.78, 5) is 0. The summed E-state index contributed by atoms with van der Waals surface area (Å²) in [5.74, 6) is 0. The van der Waals surface area contributed by atoms with Gasteiger partial charge in [0.2, 0.25) is 0 Å². The van der Waals surface area contributed by atoms with Gasteiger partial charge in [-0.3, -0.25) is 0 Å². The molecule has 0 bridgehead atoms. The van der Waals surface area contributed by atoms with Gasteiger partial charge in [0.05, 0.1) is 0 Å². The quantitative estimate of drug-likeness (QED) is 0.702. The van der Waals surface area contributed by atoms with Gasteiger partial charge in [-0.05, 0) is 5.56 Å². The highest BCUT2D eigenvalue weighted by Crippen LogP contribution is 2.26. The summed E-state index contributed by atoms with van der Waals surface area (Å²) in [5.41, 5.74) is 1.86. The zero-order chi connectivity index (χ0) is 7.73. The topological polar surface area (TPSA) is 12.0 Å². The molecule has 0 aliphatic carbocycles. The Morgan fingerprint density at radius 3 is 2.17 bits per heavy atom. The predicted molar refractivity (Wildman–Crippen MR) is 53.9 cm³/mol. The van der Waals surface area contributed by atoms with Gasteiger partial charge in [-0.25, -0.2) is 0 Å². The molecule has 1 saturated heterocycles. The molecule has 1 heterocycles. The maximum atomic E-state index is 3.30. The second kappa shape index (κ2) is 3.46. The second-order valence-corrected chi connectivity index (χ2v) is 3.53. The van der Waals surface area contributed by atoms with Crippen molar-refractivity contribution < 1.29 is 0 Å². The second-order valence-electron chi connectivity index (χ2n) is 3.53. The first-order valence-electron chi connectivity index (χ1n) is 4.07. The van der Waals surface area contributed by atoms with E-state index in [-0.39, 0.29) is 12.4 Å². The van der Waals surface area contributed by atoms with Gasteiger partial charge in [0, 0.05) is 18.5 Å². The van der Waals surface area contributed by atoms with Crippen LogP contribution in [0.25, 0.3) is 0 Å². The lowest BCUT2D eigenvalue weighted by Crippen LogP contribution is -2.54. The van der Waals surface area contributed by atoms with Crippen LogP contribution < -0.4 is 5.32 Å². The lowest BCUT2D eigenvalue weighted by atomic mass is 9.77. The van der Waals surface area contributed by atoms with E-state index in [2.05, 4.69) is 42.6 Å².